The highest BCUT2D eigenvalue weighted by Crippen LogP contribution is 2.66. The van der Waals surface area contributed by atoms with E-state index < -0.39 is 0 Å². The van der Waals surface area contributed by atoms with Crippen molar-refractivity contribution < 1.29 is 0 Å². The average molecular weight is 762 g/mol. The molecule has 0 aliphatic heterocycles. The number of fused-ring (bicyclic) bond motifs is 13. The summed E-state index contributed by atoms with van der Waals surface area (Å²) < 4.78 is 0. The summed E-state index contributed by atoms with van der Waals surface area (Å²) in [5.74, 6) is 1.55. The third kappa shape index (κ3) is 5.03. The lowest BCUT2D eigenvalue weighted by Gasteiger charge is -2.43. The van der Waals surface area contributed by atoms with Crippen LogP contribution in [-0.2, 0) is 5.41 Å². The normalized spacial score (nSPS) is 24.7. The number of rotatable bonds is 5. The van der Waals surface area contributed by atoms with E-state index in [9.17, 15) is 0 Å². The van der Waals surface area contributed by atoms with E-state index >= 15 is 0 Å². The molecule has 7 aliphatic carbocycles. The monoisotopic (exact) mass is 761 g/mol. The Morgan fingerprint density at radius 2 is 1.19 bits per heavy atom. The molecule has 1 heteroatoms. The molecule has 1 fully saturated rings. The highest BCUT2D eigenvalue weighted by molar-refractivity contribution is 5.93. The Bertz CT molecular complexity index is 2730. The summed E-state index contributed by atoms with van der Waals surface area (Å²) in [6, 6.07) is 46.6. The van der Waals surface area contributed by atoms with Crippen molar-refractivity contribution in [2.75, 3.05) is 4.90 Å². The van der Waals surface area contributed by atoms with Gasteiger partial charge >= 0.3 is 0 Å². The standard InChI is InChI=1S/C58H51N/c1-57(2)50-23-11-6-19-44(50)48-35-33-42(37-54(48)57)59(56-27-15-10-18-43(56)39-16-4-3-5-17-39)41-31-28-38(29-32-41)40-30-34-49-47-22-9-14-26-53(47)58(55(49)36-40)51-24-12-7-20-45(51)46-21-8-13-25-52(46)58/h3-22,24-25,27-28,30-31,34-36,42,50,53-54H,23,26,29,32-33,37H2,1-2H3. The Morgan fingerprint density at radius 3 is 1.93 bits per heavy atom. The number of nitrogens with zero attached hydrogens (tertiary/aromatic N) is 1. The predicted molar refractivity (Wildman–Crippen MR) is 247 cm³/mol. The largest absolute Gasteiger partial charge is 0.341 e. The molecule has 5 aromatic rings. The maximum Gasteiger partial charge on any atom is 0.0541 e. The third-order valence-electron chi connectivity index (χ3n) is 15.6. The van der Waals surface area contributed by atoms with Gasteiger partial charge in [0.1, 0.15) is 0 Å². The molecule has 0 bridgehead atoms. The van der Waals surface area contributed by atoms with Crippen LogP contribution in [0.25, 0.3) is 33.4 Å². The number of hydrogen-bond acceptors (Lipinski definition) is 1. The summed E-state index contributed by atoms with van der Waals surface area (Å²) in [4.78, 5) is 2.78. The first-order valence-corrected chi connectivity index (χ1v) is 22.2. The molecule has 5 aromatic carbocycles. The van der Waals surface area contributed by atoms with Gasteiger partial charge in [0.25, 0.3) is 0 Å². The number of benzene rings is 5. The smallest absolute Gasteiger partial charge is 0.0541 e. The highest BCUT2D eigenvalue weighted by atomic mass is 15.2. The van der Waals surface area contributed by atoms with Crippen LogP contribution in [0.3, 0.4) is 0 Å². The average Bonchev–Trinajstić information content (AvgIpc) is 3.85. The molecule has 0 saturated heterocycles. The minimum atomic E-state index is -0.186. The third-order valence-corrected chi connectivity index (χ3v) is 15.6. The summed E-state index contributed by atoms with van der Waals surface area (Å²) in [5.41, 5.74) is 21.6. The second-order valence-electron chi connectivity index (χ2n) is 18.6. The lowest BCUT2D eigenvalue weighted by atomic mass is 9.65. The van der Waals surface area contributed by atoms with E-state index in [0.717, 1.165) is 32.1 Å². The molecule has 59 heavy (non-hydrogen) atoms. The molecule has 0 aromatic heterocycles. The molecule has 0 N–H and O–H groups in total. The zero-order valence-corrected chi connectivity index (χ0v) is 34.2. The van der Waals surface area contributed by atoms with Crippen LogP contribution in [0.4, 0.5) is 5.69 Å². The van der Waals surface area contributed by atoms with Crippen molar-refractivity contribution in [2.45, 2.75) is 63.8 Å². The van der Waals surface area contributed by atoms with Crippen LogP contribution in [0.5, 0.6) is 0 Å². The van der Waals surface area contributed by atoms with Crippen molar-refractivity contribution in [3.8, 4) is 22.3 Å². The summed E-state index contributed by atoms with van der Waals surface area (Å²) in [7, 11) is 0. The van der Waals surface area contributed by atoms with E-state index in [-0.39, 0.29) is 10.8 Å². The van der Waals surface area contributed by atoms with Crippen molar-refractivity contribution in [3.63, 3.8) is 0 Å². The Balaban J connectivity index is 0.968. The van der Waals surface area contributed by atoms with Crippen LogP contribution in [0.2, 0.25) is 0 Å². The van der Waals surface area contributed by atoms with E-state index in [0.29, 0.717) is 23.8 Å². The first-order chi connectivity index (χ1) is 29.0. The van der Waals surface area contributed by atoms with Crippen LogP contribution >= 0.6 is 0 Å². The van der Waals surface area contributed by atoms with Crippen LogP contribution < -0.4 is 4.90 Å². The van der Waals surface area contributed by atoms with Gasteiger partial charge in [0.05, 0.1) is 5.41 Å². The van der Waals surface area contributed by atoms with Gasteiger partial charge in [-0.25, -0.2) is 0 Å². The van der Waals surface area contributed by atoms with Gasteiger partial charge in [-0.05, 0) is 141 Å². The fourth-order valence-electron chi connectivity index (χ4n) is 13.0. The van der Waals surface area contributed by atoms with Crippen LogP contribution in [-0.4, -0.2) is 6.04 Å². The first-order valence-electron chi connectivity index (χ1n) is 22.2. The molecule has 1 nitrogen and oxygen atoms in total. The predicted octanol–water partition coefficient (Wildman–Crippen LogP) is 14.5. The van der Waals surface area contributed by atoms with Gasteiger partial charge in [-0.2, -0.15) is 0 Å². The Morgan fingerprint density at radius 1 is 0.508 bits per heavy atom. The van der Waals surface area contributed by atoms with Gasteiger partial charge in [0.2, 0.25) is 0 Å². The Labute approximate surface area is 350 Å². The van der Waals surface area contributed by atoms with Gasteiger partial charge in [-0.15, -0.1) is 0 Å². The second-order valence-corrected chi connectivity index (χ2v) is 18.6. The molecular formula is C58H51N. The van der Waals surface area contributed by atoms with Crippen molar-refractivity contribution >= 4 is 16.8 Å². The number of allylic oxidation sites excluding steroid dienone is 13. The van der Waals surface area contributed by atoms with Crippen molar-refractivity contribution in [3.05, 3.63) is 221 Å². The van der Waals surface area contributed by atoms with Crippen LogP contribution in [0.15, 0.2) is 193 Å². The molecule has 0 radical (unpaired) electrons. The van der Waals surface area contributed by atoms with E-state index in [2.05, 4.69) is 195 Å². The highest BCUT2D eigenvalue weighted by Gasteiger charge is 2.56. The Hall–Kier alpha value is -5.92. The first kappa shape index (κ1) is 35.1. The fourth-order valence-corrected chi connectivity index (χ4v) is 13.0. The molecule has 7 aliphatic rings. The van der Waals surface area contributed by atoms with Gasteiger partial charge in [-0.1, -0.05) is 172 Å². The SMILES string of the molecule is CC1(C)C2CC=CC=C2C2=CCC(N(C3=CC=C(c4ccc5c(c4)C4(c6ccccc6-c6ccccc64)C4CC=CC=C54)CC3)c3ccccc3-c3ccccc3)CC21. The molecule has 4 atom stereocenters. The van der Waals surface area contributed by atoms with Gasteiger partial charge in [0.15, 0.2) is 0 Å². The van der Waals surface area contributed by atoms with E-state index in [1.165, 1.54) is 79.0 Å². The zero-order valence-electron chi connectivity index (χ0n) is 34.2. The van der Waals surface area contributed by atoms with Crippen LogP contribution in [0, 0.1) is 23.2 Å². The number of para-hydroxylation sites is 1. The topological polar surface area (TPSA) is 3.24 Å². The van der Waals surface area contributed by atoms with Crippen LogP contribution in [0.1, 0.15) is 80.2 Å². The maximum absolute atomic E-state index is 2.78. The van der Waals surface area contributed by atoms with Gasteiger partial charge in [0, 0.05) is 28.9 Å². The molecule has 4 unspecified atom stereocenters. The van der Waals surface area contributed by atoms with Crippen molar-refractivity contribution in [1.82, 2.24) is 0 Å². The molecule has 0 heterocycles. The lowest BCUT2D eigenvalue weighted by Crippen LogP contribution is -2.40. The lowest BCUT2D eigenvalue weighted by molar-refractivity contribution is 0.186. The van der Waals surface area contributed by atoms with Gasteiger partial charge < -0.3 is 4.90 Å². The molecule has 1 spiro atoms. The number of anilines is 1. The Kier molecular flexibility index (Phi) is 7.90. The number of hydrogen-bond donors (Lipinski definition) is 0. The minimum Gasteiger partial charge on any atom is -0.341 e. The minimum absolute atomic E-state index is 0.186. The van der Waals surface area contributed by atoms with Crippen molar-refractivity contribution in [1.29, 1.82) is 0 Å². The summed E-state index contributed by atoms with van der Waals surface area (Å²) in [5, 5.41) is 0. The molecule has 1 saturated carbocycles. The molecule has 12 rings (SSSR count). The fraction of sp³-hybridized carbons (Fsp3) is 0.241. The zero-order chi connectivity index (χ0) is 39.3. The second kappa shape index (κ2) is 13.3. The summed E-state index contributed by atoms with van der Waals surface area (Å²) in [6.07, 6.45) is 28.3. The summed E-state index contributed by atoms with van der Waals surface area (Å²) in [6.45, 7) is 5.09. The molecule has 0 amide bonds. The maximum atomic E-state index is 2.78. The van der Waals surface area contributed by atoms with E-state index in [1.54, 1.807) is 11.1 Å². The van der Waals surface area contributed by atoms with E-state index in [4.69, 9.17) is 0 Å². The van der Waals surface area contributed by atoms with E-state index in [1.807, 2.05) is 0 Å². The summed E-state index contributed by atoms with van der Waals surface area (Å²) >= 11 is 0. The van der Waals surface area contributed by atoms with Gasteiger partial charge in [-0.3, -0.25) is 0 Å². The van der Waals surface area contributed by atoms with Crippen molar-refractivity contribution in [2.24, 2.45) is 23.2 Å². The quantitative estimate of drug-likeness (QED) is 0.172. The molecular weight excluding hydrogens is 711 g/mol. The molecule has 288 valence electrons.